The molecule has 1 aliphatic rings. The molecule has 2 amide bonds. The number of nitrogens with zero attached hydrogens (tertiary/aromatic N) is 3. The van der Waals surface area contributed by atoms with Crippen LogP contribution in [0.4, 0.5) is 10.6 Å². The van der Waals surface area contributed by atoms with E-state index in [4.69, 9.17) is 4.74 Å². The molecule has 15 heavy (non-hydrogen) atoms. The fraction of sp³-hybridized carbons (Fsp3) is 0.556. The van der Waals surface area contributed by atoms with Gasteiger partial charge in [0.15, 0.2) is 5.82 Å². The number of hydrogen-bond donors (Lipinski definition) is 1. The van der Waals surface area contributed by atoms with Crippen LogP contribution in [0.25, 0.3) is 0 Å². The molecule has 1 saturated heterocycles. The maximum absolute atomic E-state index is 11.7. The number of carbonyl (C=O) groups is 1. The van der Waals surface area contributed by atoms with Crippen LogP contribution in [0.5, 0.6) is 0 Å². The van der Waals surface area contributed by atoms with E-state index in [9.17, 15) is 4.79 Å². The molecular formula is C9H14N4O2. The molecular weight excluding hydrogens is 196 g/mol. The molecule has 6 heteroatoms. The second-order valence-corrected chi connectivity index (χ2v) is 3.40. The number of nitrogens with one attached hydrogen (secondary N) is 1. The predicted octanol–water partition coefficient (Wildman–Crippen LogP) is 0.284. The number of morpholine rings is 1. The largest absolute Gasteiger partial charge is 0.378 e. The van der Waals surface area contributed by atoms with Crippen molar-refractivity contribution >= 4 is 11.8 Å². The maximum atomic E-state index is 11.7. The maximum Gasteiger partial charge on any atom is 0.323 e. The Morgan fingerprint density at radius 2 is 2.27 bits per heavy atom. The first-order chi connectivity index (χ1) is 7.25. The fourth-order valence-corrected chi connectivity index (χ4v) is 1.44. The highest BCUT2D eigenvalue weighted by Gasteiger charge is 2.17. The van der Waals surface area contributed by atoms with E-state index in [2.05, 4.69) is 10.4 Å². The standard InChI is InChI=1S/C9H14N4O2/c1-12-3-2-8(11-12)10-9(14)13-4-6-15-7-5-13/h2-3H,4-7H2,1H3,(H,10,11,14). The second kappa shape index (κ2) is 4.31. The number of rotatable bonds is 1. The van der Waals surface area contributed by atoms with Crippen molar-refractivity contribution in [3.8, 4) is 0 Å². The first kappa shape index (κ1) is 9.97. The monoisotopic (exact) mass is 210 g/mol. The Balaban J connectivity index is 1.91. The molecule has 0 aliphatic carbocycles. The summed E-state index contributed by atoms with van der Waals surface area (Å²) in [6.45, 7) is 2.49. The van der Waals surface area contributed by atoms with Gasteiger partial charge in [0.1, 0.15) is 0 Å². The number of aryl methyl sites for hydroxylation is 1. The van der Waals surface area contributed by atoms with Gasteiger partial charge in [0.2, 0.25) is 0 Å². The van der Waals surface area contributed by atoms with Crippen LogP contribution in [-0.4, -0.2) is 47.0 Å². The van der Waals surface area contributed by atoms with Crippen LogP contribution in [-0.2, 0) is 11.8 Å². The molecule has 0 aromatic carbocycles. The van der Waals surface area contributed by atoms with Crippen molar-refractivity contribution in [1.82, 2.24) is 14.7 Å². The number of ether oxygens (including phenoxy) is 1. The van der Waals surface area contributed by atoms with Crippen molar-refractivity contribution in [2.75, 3.05) is 31.6 Å². The van der Waals surface area contributed by atoms with Gasteiger partial charge in [-0.05, 0) is 0 Å². The van der Waals surface area contributed by atoms with E-state index in [0.717, 1.165) is 0 Å². The number of aromatic nitrogens is 2. The number of carbonyl (C=O) groups excluding carboxylic acids is 1. The molecule has 0 spiro atoms. The average molecular weight is 210 g/mol. The molecule has 1 aliphatic heterocycles. The van der Waals surface area contributed by atoms with Gasteiger partial charge in [-0.1, -0.05) is 0 Å². The van der Waals surface area contributed by atoms with Crippen molar-refractivity contribution in [2.24, 2.45) is 7.05 Å². The zero-order valence-corrected chi connectivity index (χ0v) is 8.64. The lowest BCUT2D eigenvalue weighted by Gasteiger charge is -2.26. The van der Waals surface area contributed by atoms with E-state index >= 15 is 0 Å². The summed E-state index contributed by atoms with van der Waals surface area (Å²) < 4.78 is 6.81. The molecule has 1 aromatic heterocycles. The van der Waals surface area contributed by atoms with Crippen molar-refractivity contribution in [1.29, 1.82) is 0 Å². The molecule has 1 fully saturated rings. The third-order valence-electron chi connectivity index (χ3n) is 2.25. The first-order valence-corrected chi connectivity index (χ1v) is 4.89. The zero-order valence-electron chi connectivity index (χ0n) is 8.64. The van der Waals surface area contributed by atoms with Gasteiger partial charge in [0, 0.05) is 32.4 Å². The number of anilines is 1. The molecule has 0 radical (unpaired) electrons. The highest BCUT2D eigenvalue weighted by atomic mass is 16.5. The Morgan fingerprint density at radius 1 is 1.53 bits per heavy atom. The predicted molar refractivity (Wildman–Crippen MR) is 54.6 cm³/mol. The Morgan fingerprint density at radius 3 is 2.87 bits per heavy atom. The fourth-order valence-electron chi connectivity index (χ4n) is 1.44. The summed E-state index contributed by atoms with van der Waals surface area (Å²) in [6, 6.07) is 1.65. The molecule has 0 unspecified atom stereocenters. The Labute approximate surface area is 87.8 Å². The van der Waals surface area contributed by atoms with Gasteiger partial charge in [-0.2, -0.15) is 5.10 Å². The van der Waals surface area contributed by atoms with E-state index < -0.39 is 0 Å². The summed E-state index contributed by atoms with van der Waals surface area (Å²) in [5, 5.41) is 6.80. The summed E-state index contributed by atoms with van der Waals surface area (Å²) in [7, 11) is 1.81. The molecule has 2 heterocycles. The van der Waals surface area contributed by atoms with E-state index in [0.29, 0.717) is 32.1 Å². The normalized spacial score (nSPS) is 16.5. The van der Waals surface area contributed by atoms with Crippen LogP contribution in [0.3, 0.4) is 0 Å². The first-order valence-electron chi connectivity index (χ1n) is 4.89. The summed E-state index contributed by atoms with van der Waals surface area (Å²) in [5.41, 5.74) is 0. The minimum Gasteiger partial charge on any atom is -0.378 e. The number of amides is 2. The number of urea groups is 1. The van der Waals surface area contributed by atoms with Gasteiger partial charge >= 0.3 is 6.03 Å². The Hall–Kier alpha value is -1.56. The van der Waals surface area contributed by atoms with Gasteiger partial charge in [-0.3, -0.25) is 10.00 Å². The summed E-state index contributed by atoms with van der Waals surface area (Å²) in [4.78, 5) is 13.4. The average Bonchev–Trinajstić information content (AvgIpc) is 2.65. The molecule has 0 saturated carbocycles. The third-order valence-corrected chi connectivity index (χ3v) is 2.25. The molecule has 0 atom stereocenters. The van der Waals surface area contributed by atoms with Gasteiger partial charge < -0.3 is 9.64 Å². The van der Waals surface area contributed by atoms with Crippen molar-refractivity contribution in [2.45, 2.75) is 0 Å². The van der Waals surface area contributed by atoms with E-state index in [1.807, 2.05) is 7.05 Å². The number of hydrogen-bond acceptors (Lipinski definition) is 3. The second-order valence-electron chi connectivity index (χ2n) is 3.40. The minimum atomic E-state index is -0.114. The smallest absolute Gasteiger partial charge is 0.323 e. The summed E-state index contributed by atoms with van der Waals surface area (Å²) in [5.74, 6) is 0.578. The minimum absolute atomic E-state index is 0.114. The highest BCUT2D eigenvalue weighted by molar-refractivity contribution is 5.88. The highest BCUT2D eigenvalue weighted by Crippen LogP contribution is 2.04. The Kier molecular flexibility index (Phi) is 2.86. The molecule has 1 N–H and O–H groups in total. The zero-order chi connectivity index (χ0) is 10.7. The SMILES string of the molecule is Cn1ccc(NC(=O)N2CCOCC2)n1. The topological polar surface area (TPSA) is 59.4 Å². The van der Waals surface area contributed by atoms with E-state index in [1.165, 1.54) is 0 Å². The van der Waals surface area contributed by atoms with Gasteiger partial charge in [-0.25, -0.2) is 4.79 Å². The van der Waals surface area contributed by atoms with Crippen LogP contribution in [0, 0.1) is 0 Å². The molecule has 2 rings (SSSR count). The molecule has 6 nitrogen and oxygen atoms in total. The van der Waals surface area contributed by atoms with Crippen LogP contribution in [0.2, 0.25) is 0 Å². The van der Waals surface area contributed by atoms with Crippen LogP contribution in [0.15, 0.2) is 12.3 Å². The lowest BCUT2D eigenvalue weighted by Crippen LogP contribution is -2.43. The Bertz CT molecular complexity index is 344. The van der Waals surface area contributed by atoms with Crippen molar-refractivity contribution in [3.63, 3.8) is 0 Å². The van der Waals surface area contributed by atoms with Gasteiger partial charge in [0.05, 0.1) is 13.2 Å². The molecule has 82 valence electrons. The van der Waals surface area contributed by atoms with Crippen LogP contribution in [0.1, 0.15) is 0 Å². The summed E-state index contributed by atoms with van der Waals surface area (Å²) >= 11 is 0. The quantitative estimate of drug-likeness (QED) is 0.724. The lowest BCUT2D eigenvalue weighted by molar-refractivity contribution is 0.0564. The molecule has 0 bridgehead atoms. The van der Waals surface area contributed by atoms with Gasteiger partial charge in [0.25, 0.3) is 0 Å². The third kappa shape index (κ3) is 2.47. The van der Waals surface area contributed by atoms with Gasteiger partial charge in [-0.15, -0.1) is 0 Å². The van der Waals surface area contributed by atoms with Crippen LogP contribution >= 0.6 is 0 Å². The van der Waals surface area contributed by atoms with Crippen LogP contribution < -0.4 is 5.32 Å². The van der Waals surface area contributed by atoms with Crippen molar-refractivity contribution in [3.05, 3.63) is 12.3 Å². The van der Waals surface area contributed by atoms with E-state index in [1.54, 1.807) is 21.8 Å². The van der Waals surface area contributed by atoms with E-state index in [-0.39, 0.29) is 6.03 Å². The molecule has 1 aromatic rings. The lowest BCUT2D eigenvalue weighted by atomic mass is 10.4. The summed E-state index contributed by atoms with van der Waals surface area (Å²) in [6.07, 6.45) is 1.79. The van der Waals surface area contributed by atoms with Crippen molar-refractivity contribution < 1.29 is 9.53 Å².